The maximum absolute atomic E-state index is 14.3. The number of nitrogens with zero attached hydrogens (tertiary/aromatic N) is 4. The van der Waals surface area contributed by atoms with Crippen LogP contribution in [0.25, 0.3) is 5.52 Å². The quantitative estimate of drug-likeness (QED) is 0.556. The van der Waals surface area contributed by atoms with E-state index < -0.39 is 11.7 Å². The topological polar surface area (TPSA) is 56.9 Å². The Morgan fingerprint density at radius 3 is 2.49 bits per heavy atom. The molecule has 0 aromatic carbocycles. The van der Waals surface area contributed by atoms with E-state index in [-0.39, 0.29) is 23.4 Å². The molecule has 2 aliphatic heterocycles. The first-order valence-corrected chi connectivity index (χ1v) is 15.0. The van der Waals surface area contributed by atoms with Gasteiger partial charge in [-0.05, 0) is 86.9 Å². The van der Waals surface area contributed by atoms with Crippen molar-refractivity contribution >= 4 is 5.52 Å². The van der Waals surface area contributed by atoms with Crippen LogP contribution in [0.3, 0.4) is 0 Å². The van der Waals surface area contributed by atoms with Gasteiger partial charge in [0.25, 0.3) is 0 Å². The molecule has 214 valence electrons. The number of rotatable bonds is 6. The van der Waals surface area contributed by atoms with Crippen molar-refractivity contribution < 1.29 is 13.2 Å². The van der Waals surface area contributed by atoms with Crippen molar-refractivity contribution in [2.75, 3.05) is 26.8 Å². The lowest BCUT2D eigenvalue weighted by molar-refractivity contribution is -0.136. The third-order valence-corrected chi connectivity index (χ3v) is 10.8. The molecule has 5 fully saturated rings. The fourth-order valence-corrected chi connectivity index (χ4v) is 8.25. The minimum absolute atomic E-state index is 0.0182. The summed E-state index contributed by atoms with van der Waals surface area (Å²) in [6.45, 7) is 3.13. The van der Waals surface area contributed by atoms with Crippen molar-refractivity contribution in [2.24, 2.45) is 23.2 Å². The van der Waals surface area contributed by atoms with E-state index >= 15 is 0 Å². The summed E-state index contributed by atoms with van der Waals surface area (Å²) in [7, 11) is 2.14. The van der Waals surface area contributed by atoms with Gasteiger partial charge in [0.1, 0.15) is 0 Å². The van der Waals surface area contributed by atoms with Gasteiger partial charge in [0.15, 0.2) is 0 Å². The standard InChI is InChI=1S/C29H41F3N6O/c1-35-18-33-34-26(35)25(20-4-2-5-20)21-6-3-7-22(13-21)37-16-24-23(29(30,31)32)12-19(15-38(24)27(37)39)14-36-11-10-28(17-36)8-9-28/h12,15-16,20-22,25-26,33-34H,2-11,13-14,17-18H2,1H3/t21?,22?,25-,26?/m1/s1. The van der Waals surface area contributed by atoms with E-state index in [1.165, 1.54) is 48.8 Å². The normalized spacial score (nSPS) is 30.8. The molecule has 0 radical (unpaired) electrons. The van der Waals surface area contributed by atoms with Crippen LogP contribution in [-0.4, -0.2) is 51.7 Å². The van der Waals surface area contributed by atoms with Crippen molar-refractivity contribution in [2.45, 2.75) is 89.1 Å². The second-order valence-corrected chi connectivity index (χ2v) is 13.3. The summed E-state index contributed by atoms with van der Waals surface area (Å²) in [4.78, 5) is 18.3. The molecule has 2 aromatic heterocycles. The molecule has 4 atom stereocenters. The lowest BCUT2D eigenvalue weighted by atomic mass is 9.65. The van der Waals surface area contributed by atoms with E-state index in [4.69, 9.17) is 0 Å². The summed E-state index contributed by atoms with van der Waals surface area (Å²) in [6.07, 6.45) is 10.0. The molecule has 39 heavy (non-hydrogen) atoms. The summed E-state index contributed by atoms with van der Waals surface area (Å²) in [5.41, 5.74) is 6.70. The molecule has 7 nitrogen and oxygen atoms in total. The number of nitrogens with one attached hydrogen (secondary N) is 2. The molecule has 3 aliphatic carbocycles. The second kappa shape index (κ2) is 9.60. The van der Waals surface area contributed by atoms with Gasteiger partial charge in [-0.3, -0.25) is 18.8 Å². The van der Waals surface area contributed by atoms with Crippen molar-refractivity contribution in [1.29, 1.82) is 0 Å². The fraction of sp³-hybridized carbons (Fsp3) is 0.759. The van der Waals surface area contributed by atoms with Crippen LogP contribution in [-0.2, 0) is 12.7 Å². The monoisotopic (exact) mass is 546 g/mol. The van der Waals surface area contributed by atoms with Gasteiger partial charge in [0.2, 0.25) is 0 Å². The fourth-order valence-electron chi connectivity index (χ4n) is 8.25. The zero-order valence-electron chi connectivity index (χ0n) is 22.8. The Kier molecular flexibility index (Phi) is 6.41. The Morgan fingerprint density at radius 2 is 1.85 bits per heavy atom. The molecule has 4 heterocycles. The predicted octanol–water partition coefficient (Wildman–Crippen LogP) is 4.58. The molecule has 7 rings (SSSR count). The highest BCUT2D eigenvalue weighted by molar-refractivity contribution is 5.56. The van der Waals surface area contributed by atoms with Crippen LogP contribution in [0, 0.1) is 23.2 Å². The summed E-state index contributed by atoms with van der Waals surface area (Å²) >= 11 is 0. The Bertz CT molecular complexity index is 1280. The van der Waals surface area contributed by atoms with Gasteiger partial charge in [-0.25, -0.2) is 15.6 Å². The van der Waals surface area contributed by atoms with Gasteiger partial charge >= 0.3 is 11.9 Å². The number of hydrazine groups is 1. The minimum atomic E-state index is -4.52. The van der Waals surface area contributed by atoms with Gasteiger partial charge in [-0.1, -0.05) is 25.7 Å². The number of pyridine rings is 1. The summed E-state index contributed by atoms with van der Waals surface area (Å²) in [5, 5.41) is 0. The summed E-state index contributed by atoms with van der Waals surface area (Å²) < 4.78 is 45.8. The molecular weight excluding hydrogens is 505 g/mol. The maximum atomic E-state index is 14.3. The van der Waals surface area contributed by atoms with E-state index in [1.54, 1.807) is 10.8 Å². The van der Waals surface area contributed by atoms with Gasteiger partial charge < -0.3 is 0 Å². The molecular formula is C29H41F3N6O. The Morgan fingerprint density at radius 1 is 1.08 bits per heavy atom. The zero-order chi connectivity index (χ0) is 26.9. The lowest BCUT2D eigenvalue weighted by Gasteiger charge is -2.46. The number of fused-ring (bicyclic) bond motifs is 1. The maximum Gasteiger partial charge on any atom is 0.418 e. The first kappa shape index (κ1) is 26.0. The molecule has 2 N–H and O–H groups in total. The third-order valence-electron chi connectivity index (χ3n) is 10.8. The molecule has 0 amide bonds. The lowest BCUT2D eigenvalue weighted by Crippen LogP contribution is -2.50. The van der Waals surface area contributed by atoms with Crippen LogP contribution in [0.15, 0.2) is 23.3 Å². The van der Waals surface area contributed by atoms with Crippen LogP contribution in [0.2, 0.25) is 0 Å². The van der Waals surface area contributed by atoms with Crippen LogP contribution >= 0.6 is 0 Å². The molecule has 2 saturated heterocycles. The number of hydrogen-bond donors (Lipinski definition) is 2. The van der Waals surface area contributed by atoms with E-state index in [2.05, 4.69) is 27.7 Å². The average Bonchev–Trinajstić information content (AvgIpc) is 3.14. The first-order valence-electron chi connectivity index (χ1n) is 15.0. The number of alkyl halides is 3. The SMILES string of the molecule is CN1CNNC1[C@H](C1CCC1)C1CCCC(n2cc3c(C(F)(F)F)cc(CN4CCC5(CC5)C4)cn3c2=O)C1. The highest BCUT2D eigenvalue weighted by Crippen LogP contribution is 2.53. The van der Waals surface area contributed by atoms with Crippen LogP contribution in [0.4, 0.5) is 13.2 Å². The first-order chi connectivity index (χ1) is 18.7. The van der Waals surface area contributed by atoms with Crippen LogP contribution < -0.4 is 16.5 Å². The number of hydrogen-bond acceptors (Lipinski definition) is 5. The van der Waals surface area contributed by atoms with Crippen molar-refractivity contribution in [3.05, 3.63) is 40.1 Å². The van der Waals surface area contributed by atoms with E-state index in [0.29, 0.717) is 35.3 Å². The van der Waals surface area contributed by atoms with Gasteiger partial charge in [0, 0.05) is 31.5 Å². The number of aromatic nitrogens is 2. The molecule has 10 heteroatoms. The van der Waals surface area contributed by atoms with E-state index in [1.807, 2.05) is 0 Å². The predicted molar refractivity (Wildman–Crippen MR) is 143 cm³/mol. The molecule has 0 bridgehead atoms. The van der Waals surface area contributed by atoms with Crippen LogP contribution in [0.5, 0.6) is 0 Å². The van der Waals surface area contributed by atoms with Gasteiger partial charge in [0.05, 0.1) is 23.9 Å². The smallest absolute Gasteiger partial charge is 0.298 e. The number of likely N-dealkylation sites (tertiary alicyclic amines) is 1. The molecule has 3 saturated carbocycles. The van der Waals surface area contributed by atoms with Crippen molar-refractivity contribution in [1.82, 2.24) is 29.6 Å². The molecule has 1 spiro atoms. The van der Waals surface area contributed by atoms with Gasteiger partial charge in [-0.15, -0.1) is 0 Å². The van der Waals surface area contributed by atoms with E-state index in [9.17, 15) is 18.0 Å². The Hall–Kier alpha value is -1.88. The molecule has 3 unspecified atom stereocenters. The van der Waals surface area contributed by atoms with Crippen LogP contribution in [0.1, 0.15) is 81.4 Å². The Balaban J connectivity index is 1.19. The zero-order valence-corrected chi connectivity index (χ0v) is 22.8. The second-order valence-electron chi connectivity index (χ2n) is 13.3. The number of halogens is 3. The van der Waals surface area contributed by atoms with E-state index in [0.717, 1.165) is 51.9 Å². The molecule has 2 aromatic rings. The highest BCUT2D eigenvalue weighted by atomic mass is 19.4. The third kappa shape index (κ3) is 4.75. The van der Waals surface area contributed by atoms with Crippen molar-refractivity contribution in [3.63, 3.8) is 0 Å². The largest absolute Gasteiger partial charge is 0.418 e. The highest BCUT2D eigenvalue weighted by Gasteiger charge is 2.48. The average molecular weight is 547 g/mol. The summed E-state index contributed by atoms with van der Waals surface area (Å²) in [6, 6.07) is 1.21. The minimum Gasteiger partial charge on any atom is -0.298 e. The Labute approximate surface area is 227 Å². The van der Waals surface area contributed by atoms with Gasteiger partial charge in [-0.2, -0.15) is 13.2 Å². The number of imidazole rings is 1. The van der Waals surface area contributed by atoms with Crippen molar-refractivity contribution in [3.8, 4) is 0 Å². The summed E-state index contributed by atoms with van der Waals surface area (Å²) in [5.74, 6) is 1.58. The molecule has 5 aliphatic rings.